The van der Waals surface area contributed by atoms with Gasteiger partial charge in [-0.25, -0.2) is 0 Å². The Morgan fingerprint density at radius 3 is 2.77 bits per heavy atom. The summed E-state index contributed by atoms with van der Waals surface area (Å²) in [5, 5.41) is 8.69. The monoisotopic (exact) mass is 245 g/mol. The van der Waals surface area contributed by atoms with Gasteiger partial charge in [0.15, 0.2) is 12.7 Å². The van der Waals surface area contributed by atoms with Crippen molar-refractivity contribution in [2.75, 3.05) is 6.61 Å². The lowest BCUT2D eigenvalue weighted by Gasteiger charge is -1.97. The Bertz CT molecular complexity index is 289. The van der Waals surface area contributed by atoms with E-state index < -0.39 is 0 Å². The first-order chi connectivity index (χ1) is 5.75. The van der Waals surface area contributed by atoms with E-state index >= 15 is 0 Å². The summed E-state index contributed by atoms with van der Waals surface area (Å²) in [5.74, 6) is 0.0176. The van der Waals surface area contributed by atoms with Crippen LogP contribution in [0, 0.1) is 0 Å². The molecule has 0 saturated heterocycles. The number of pyridine rings is 1. The first-order valence-electron chi connectivity index (χ1n) is 3.86. The molecule has 0 unspecified atom stereocenters. The van der Waals surface area contributed by atoms with Gasteiger partial charge in [-0.1, -0.05) is 0 Å². The molecule has 0 bridgehead atoms. The fraction of sp³-hybridized carbons (Fsp3) is 0.333. The highest BCUT2D eigenvalue weighted by Crippen LogP contribution is 1.91. The van der Waals surface area contributed by atoms with Gasteiger partial charge in [0.2, 0.25) is 11.5 Å². The van der Waals surface area contributed by atoms with Crippen LogP contribution in [0.3, 0.4) is 0 Å². The van der Waals surface area contributed by atoms with Gasteiger partial charge in [-0.15, -0.1) is 0 Å². The Balaban J connectivity index is 0.00000144. The lowest BCUT2D eigenvalue weighted by molar-refractivity contribution is -0.699. The molecule has 0 fully saturated rings. The number of hydrogen-bond donors (Lipinski definition) is 1. The number of hydrogen-bond acceptors (Lipinski definition) is 2. The number of Topliss-reactive ketones (excluding diaryl/α,β-unsaturated/α-hetero) is 1. The van der Waals surface area contributed by atoms with Gasteiger partial charge in [-0.2, -0.15) is 4.57 Å². The third-order valence-corrected chi connectivity index (χ3v) is 1.64. The second kappa shape index (κ2) is 5.83. The molecule has 72 valence electrons. The molecular weight excluding hydrogens is 234 g/mol. The molecule has 13 heavy (non-hydrogen) atoms. The van der Waals surface area contributed by atoms with E-state index in [1.54, 1.807) is 16.8 Å². The van der Waals surface area contributed by atoms with Crippen LogP contribution in [-0.2, 0) is 6.54 Å². The van der Waals surface area contributed by atoms with Gasteiger partial charge in [0.1, 0.15) is 6.61 Å². The largest absolute Gasteiger partial charge is 1.00 e. The summed E-state index contributed by atoms with van der Waals surface area (Å²) in [6.45, 7) is 2.04. The van der Waals surface area contributed by atoms with E-state index in [0.717, 1.165) is 0 Å². The molecule has 1 N–H and O–H groups in total. The smallest absolute Gasteiger partial charge is 0.248 e. The standard InChI is InChI=1S/C9H12NO2.BrH/c1-8(12)9-4-2-3-5-10(9)6-7-11;/h2-5,11H,6-7H2,1H3;1H/q+1;/p-1. The third-order valence-electron chi connectivity index (χ3n) is 1.64. The van der Waals surface area contributed by atoms with E-state index in [-0.39, 0.29) is 29.4 Å². The minimum atomic E-state index is 0. The van der Waals surface area contributed by atoms with Gasteiger partial charge in [0.25, 0.3) is 0 Å². The number of aromatic nitrogens is 1. The summed E-state index contributed by atoms with van der Waals surface area (Å²) in [4.78, 5) is 11.0. The number of nitrogens with zero attached hydrogens (tertiary/aromatic N) is 1. The molecule has 4 heteroatoms. The van der Waals surface area contributed by atoms with Crippen molar-refractivity contribution in [3.8, 4) is 0 Å². The maximum atomic E-state index is 11.0. The van der Waals surface area contributed by atoms with E-state index in [1.807, 2.05) is 12.1 Å². The predicted molar refractivity (Wildman–Crippen MR) is 43.7 cm³/mol. The lowest BCUT2D eigenvalue weighted by Crippen LogP contribution is -3.00. The molecule has 1 rings (SSSR count). The average Bonchev–Trinajstić information content (AvgIpc) is 2.05. The van der Waals surface area contributed by atoms with Crippen LogP contribution in [-0.4, -0.2) is 17.5 Å². The number of carbonyl (C=O) groups excluding carboxylic acids is 1. The van der Waals surface area contributed by atoms with Gasteiger partial charge >= 0.3 is 0 Å². The zero-order valence-electron chi connectivity index (χ0n) is 7.40. The van der Waals surface area contributed by atoms with Crippen molar-refractivity contribution in [2.45, 2.75) is 13.5 Å². The fourth-order valence-electron chi connectivity index (χ4n) is 1.10. The predicted octanol–water partition coefficient (Wildman–Crippen LogP) is -2.83. The highest BCUT2D eigenvalue weighted by Gasteiger charge is 2.12. The molecule has 0 atom stereocenters. The topological polar surface area (TPSA) is 41.2 Å². The second-order valence-electron chi connectivity index (χ2n) is 2.56. The van der Waals surface area contributed by atoms with Crippen molar-refractivity contribution in [1.29, 1.82) is 0 Å². The summed E-state index contributed by atoms with van der Waals surface area (Å²) in [5.41, 5.74) is 0.631. The summed E-state index contributed by atoms with van der Waals surface area (Å²) < 4.78 is 1.74. The van der Waals surface area contributed by atoms with Crippen LogP contribution in [0.25, 0.3) is 0 Å². The number of carbonyl (C=O) groups is 1. The molecule has 1 aromatic rings. The van der Waals surface area contributed by atoms with Gasteiger partial charge < -0.3 is 22.1 Å². The lowest BCUT2D eigenvalue weighted by atomic mass is 10.2. The van der Waals surface area contributed by atoms with E-state index in [0.29, 0.717) is 12.2 Å². The normalized spacial score (nSPS) is 9.08. The van der Waals surface area contributed by atoms with Crippen molar-refractivity contribution < 1.29 is 31.4 Å². The molecule has 1 aromatic heterocycles. The Morgan fingerprint density at radius 2 is 2.23 bits per heavy atom. The molecule has 0 aliphatic heterocycles. The molecule has 0 saturated carbocycles. The minimum Gasteiger partial charge on any atom is -1.00 e. The van der Waals surface area contributed by atoms with Crippen LogP contribution < -0.4 is 21.5 Å². The first kappa shape index (κ1) is 12.3. The Kier molecular flexibility index (Phi) is 5.50. The van der Waals surface area contributed by atoms with Gasteiger partial charge in [-0.3, -0.25) is 4.79 Å². The number of aliphatic hydroxyl groups excluding tert-OH is 1. The minimum absolute atomic E-state index is 0. The van der Waals surface area contributed by atoms with Gasteiger partial charge in [0, 0.05) is 19.1 Å². The van der Waals surface area contributed by atoms with Crippen LogP contribution in [0.15, 0.2) is 24.4 Å². The number of aliphatic hydroxyl groups is 1. The zero-order chi connectivity index (χ0) is 8.97. The van der Waals surface area contributed by atoms with Crippen LogP contribution >= 0.6 is 0 Å². The van der Waals surface area contributed by atoms with Crippen molar-refractivity contribution in [3.05, 3.63) is 30.1 Å². The molecule has 0 aliphatic carbocycles. The van der Waals surface area contributed by atoms with Crippen molar-refractivity contribution in [1.82, 2.24) is 0 Å². The quantitative estimate of drug-likeness (QED) is 0.461. The molecule has 0 spiro atoms. The SMILES string of the molecule is CC(=O)c1cccc[n+]1CCO.[Br-]. The van der Waals surface area contributed by atoms with E-state index in [1.165, 1.54) is 6.92 Å². The van der Waals surface area contributed by atoms with E-state index in [9.17, 15) is 4.79 Å². The van der Waals surface area contributed by atoms with Gasteiger partial charge in [0.05, 0.1) is 0 Å². The molecule has 0 aliphatic rings. The molecular formula is C9H12BrNO2. The second-order valence-corrected chi connectivity index (χ2v) is 2.56. The summed E-state index contributed by atoms with van der Waals surface area (Å²) in [6, 6.07) is 5.39. The van der Waals surface area contributed by atoms with Crippen LogP contribution in [0.5, 0.6) is 0 Å². The number of halogens is 1. The maximum absolute atomic E-state index is 11.0. The summed E-state index contributed by atoms with van der Waals surface area (Å²) in [6.07, 6.45) is 1.78. The Morgan fingerprint density at radius 1 is 1.54 bits per heavy atom. The summed E-state index contributed by atoms with van der Waals surface area (Å²) >= 11 is 0. The van der Waals surface area contributed by atoms with Crippen LogP contribution in [0.2, 0.25) is 0 Å². The van der Waals surface area contributed by atoms with Crippen molar-refractivity contribution in [3.63, 3.8) is 0 Å². The van der Waals surface area contributed by atoms with Crippen molar-refractivity contribution in [2.24, 2.45) is 0 Å². The third kappa shape index (κ3) is 3.24. The Hall–Kier alpha value is -0.740. The molecule has 0 aromatic carbocycles. The highest BCUT2D eigenvalue weighted by atomic mass is 79.9. The number of rotatable bonds is 3. The molecule has 0 radical (unpaired) electrons. The first-order valence-corrected chi connectivity index (χ1v) is 3.86. The molecule has 3 nitrogen and oxygen atoms in total. The van der Waals surface area contributed by atoms with E-state index in [2.05, 4.69) is 0 Å². The average molecular weight is 246 g/mol. The van der Waals surface area contributed by atoms with Crippen LogP contribution in [0.4, 0.5) is 0 Å². The summed E-state index contributed by atoms with van der Waals surface area (Å²) in [7, 11) is 0. The zero-order valence-corrected chi connectivity index (χ0v) is 8.99. The fourth-order valence-corrected chi connectivity index (χ4v) is 1.10. The van der Waals surface area contributed by atoms with Crippen LogP contribution in [0.1, 0.15) is 17.4 Å². The molecule has 0 amide bonds. The maximum Gasteiger partial charge on any atom is 0.248 e. The number of ketones is 1. The van der Waals surface area contributed by atoms with Crippen molar-refractivity contribution >= 4 is 5.78 Å². The van der Waals surface area contributed by atoms with E-state index in [4.69, 9.17) is 5.11 Å². The van der Waals surface area contributed by atoms with Gasteiger partial charge in [-0.05, 0) is 6.07 Å². The highest BCUT2D eigenvalue weighted by molar-refractivity contribution is 5.90. The molecule has 1 heterocycles. The Labute approximate surface area is 87.8 Å².